The summed E-state index contributed by atoms with van der Waals surface area (Å²) < 4.78 is 16.3. The molecule has 0 aliphatic heterocycles. The summed E-state index contributed by atoms with van der Waals surface area (Å²) in [6, 6.07) is 13.6. The van der Waals surface area contributed by atoms with Crippen LogP contribution in [0.2, 0.25) is 5.02 Å². The molecule has 4 nitrogen and oxygen atoms in total. The van der Waals surface area contributed by atoms with Crippen LogP contribution in [0.1, 0.15) is 11.1 Å². The van der Waals surface area contributed by atoms with Crippen molar-refractivity contribution in [2.75, 3.05) is 27.4 Å². The number of rotatable bonds is 9. The third-order valence-electron chi connectivity index (χ3n) is 3.32. The van der Waals surface area contributed by atoms with E-state index in [0.29, 0.717) is 24.0 Å². The van der Waals surface area contributed by atoms with Gasteiger partial charge in [-0.3, -0.25) is 0 Å². The van der Waals surface area contributed by atoms with E-state index in [4.69, 9.17) is 25.8 Å². The molecule has 0 unspecified atom stereocenters. The average Bonchev–Trinajstić information content (AvgIpc) is 2.57. The average molecular weight is 336 g/mol. The Bertz CT molecular complexity index is 619. The molecule has 0 aliphatic carbocycles. The molecule has 0 heterocycles. The Labute approximate surface area is 142 Å². The molecule has 1 N–H and O–H groups in total. The molecule has 0 bridgehead atoms. The summed E-state index contributed by atoms with van der Waals surface area (Å²) >= 11 is 5.98. The predicted octanol–water partition coefficient (Wildman–Crippen LogP) is 3.66. The molecule has 0 spiro atoms. The summed E-state index contributed by atoms with van der Waals surface area (Å²) in [6.07, 6.45) is 0. The zero-order valence-corrected chi connectivity index (χ0v) is 14.2. The van der Waals surface area contributed by atoms with Crippen molar-refractivity contribution in [3.8, 4) is 11.5 Å². The van der Waals surface area contributed by atoms with Gasteiger partial charge in [-0.1, -0.05) is 29.8 Å². The SMILES string of the molecule is COCCNCc1ccc(OCc2cccc(Cl)c2)c(OC)c1. The Morgan fingerprint density at radius 1 is 1.00 bits per heavy atom. The summed E-state index contributed by atoms with van der Waals surface area (Å²) in [5.74, 6) is 1.44. The molecule has 23 heavy (non-hydrogen) atoms. The molecular formula is C18H22ClNO3. The number of ether oxygens (including phenoxy) is 3. The van der Waals surface area contributed by atoms with E-state index in [1.807, 2.05) is 42.5 Å². The molecule has 0 saturated heterocycles. The second kappa shape index (κ2) is 9.40. The minimum atomic E-state index is 0.447. The van der Waals surface area contributed by atoms with E-state index in [1.54, 1.807) is 14.2 Å². The number of benzene rings is 2. The lowest BCUT2D eigenvalue weighted by atomic mass is 10.2. The van der Waals surface area contributed by atoms with Crippen LogP contribution in [0.3, 0.4) is 0 Å². The van der Waals surface area contributed by atoms with Gasteiger partial charge in [0.25, 0.3) is 0 Å². The molecule has 0 aromatic heterocycles. The molecule has 0 fully saturated rings. The Kier molecular flexibility index (Phi) is 7.20. The highest BCUT2D eigenvalue weighted by molar-refractivity contribution is 6.30. The molecule has 0 saturated carbocycles. The lowest BCUT2D eigenvalue weighted by Gasteiger charge is -2.13. The maximum Gasteiger partial charge on any atom is 0.161 e. The first-order valence-electron chi connectivity index (χ1n) is 7.46. The first-order chi connectivity index (χ1) is 11.2. The van der Waals surface area contributed by atoms with E-state index in [9.17, 15) is 0 Å². The smallest absolute Gasteiger partial charge is 0.161 e. The van der Waals surface area contributed by atoms with Crippen molar-refractivity contribution in [2.45, 2.75) is 13.2 Å². The topological polar surface area (TPSA) is 39.7 Å². The van der Waals surface area contributed by atoms with Gasteiger partial charge in [-0.15, -0.1) is 0 Å². The normalized spacial score (nSPS) is 10.6. The van der Waals surface area contributed by atoms with Gasteiger partial charge in [0.2, 0.25) is 0 Å². The molecule has 124 valence electrons. The summed E-state index contributed by atoms with van der Waals surface area (Å²) in [4.78, 5) is 0. The van der Waals surface area contributed by atoms with Crippen LogP contribution < -0.4 is 14.8 Å². The van der Waals surface area contributed by atoms with E-state index in [0.717, 1.165) is 30.0 Å². The third kappa shape index (κ3) is 5.75. The Hall–Kier alpha value is -1.75. The molecule has 2 rings (SSSR count). The second-order valence-electron chi connectivity index (χ2n) is 5.07. The molecule has 5 heteroatoms. The number of halogens is 1. The summed E-state index contributed by atoms with van der Waals surface area (Å²) in [7, 11) is 3.33. The molecular weight excluding hydrogens is 314 g/mol. The molecule has 2 aromatic carbocycles. The molecule has 0 atom stereocenters. The van der Waals surface area contributed by atoms with Gasteiger partial charge in [0.15, 0.2) is 11.5 Å². The first-order valence-corrected chi connectivity index (χ1v) is 7.84. The maximum absolute atomic E-state index is 5.98. The van der Waals surface area contributed by atoms with Crippen LogP contribution >= 0.6 is 11.6 Å². The molecule has 0 amide bonds. The Morgan fingerprint density at radius 3 is 2.61 bits per heavy atom. The molecule has 0 radical (unpaired) electrons. The lowest BCUT2D eigenvalue weighted by molar-refractivity contribution is 0.199. The molecule has 2 aromatic rings. The number of nitrogens with one attached hydrogen (secondary N) is 1. The third-order valence-corrected chi connectivity index (χ3v) is 3.56. The first kappa shape index (κ1) is 17.6. The van der Waals surface area contributed by atoms with Gasteiger partial charge in [-0.25, -0.2) is 0 Å². The van der Waals surface area contributed by atoms with Gasteiger partial charge in [-0.05, 0) is 35.4 Å². The van der Waals surface area contributed by atoms with Crippen LogP contribution in [0.5, 0.6) is 11.5 Å². The van der Waals surface area contributed by atoms with Gasteiger partial charge < -0.3 is 19.5 Å². The van der Waals surface area contributed by atoms with Crippen molar-refractivity contribution in [1.82, 2.24) is 5.32 Å². The summed E-state index contributed by atoms with van der Waals surface area (Å²) in [5.41, 5.74) is 2.15. The van der Waals surface area contributed by atoms with Crippen LogP contribution in [0.25, 0.3) is 0 Å². The maximum atomic E-state index is 5.98. The predicted molar refractivity (Wildman–Crippen MR) is 92.4 cm³/mol. The fraction of sp³-hybridized carbons (Fsp3) is 0.333. The van der Waals surface area contributed by atoms with Crippen LogP contribution in [0, 0.1) is 0 Å². The van der Waals surface area contributed by atoms with Gasteiger partial charge in [0.1, 0.15) is 6.61 Å². The lowest BCUT2D eigenvalue weighted by Crippen LogP contribution is -2.18. The summed E-state index contributed by atoms with van der Waals surface area (Å²) in [5, 5.41) is 4.01. The van der Waals surface area contributed by atoms with Gasteiger partial charge in [-0.2, -0.15) is 0 Å². The minimum absolute atomic E-state index is 0.447. The van der Waals surface area contributed by atoms with Crippen molar-refractivity contribution in [3.63, 3.8) is 0 Å². The van der Waals surface area contributed by atoms with Crippen molar-refractivity contribution < 1.29 is 14.2 Å². The van der Waals surface area contributed by atoms with Crippen LogP contribution in [-0.2, 0) is 17.9 Å². The van der Waals surface area contributed by atoms with Crippen molar-refractivity contribution in [3.05, 3.63) is 58.6 Å². The fourth-order valence-corrected chi connectivity index (χ4v) is 2.35. The van der Waals surface area contributed by atoms with Gasteiger partial charge >= 0.3 is 0 Å². The monoisotopic (exact) mass is 335 g/mol. The van der Waals surface area contributed by atoms with E-state index < -0.39 is 0 Å². The highest BCUT2D eigenvalue weighted by Crippen LogP contribution is 2.29. The van der Waals surface area contributed by atoms with E-state index in [-0.39, 0.29) is 0 Å². The standard InChI is InChI=1S/C18H22ClNO3/c1-21-9-8-20-12-14-6-7-17(18(11-14)22-2)23-13-15-4-3-5-16(19)10-15/h3-7,10-11,20H,8-9,12-13H2,1-2H3. The highest BCUT2D eigenvalue weighted by Gasteiger charge is 2.06. The number of methoxy groups -OCH3 is 2. The van der Waals surface area contributed by atoms with Crippen LogP contribution in [0.4, 0.5) is 0 Å². The number of hydrogen-bond donors (Lipinski definition) is 1. The van der Waals surface area contributed by atoms with Gasteiger partial charge in [0, 0.05) is 25.2 Å². The number of hydrogen-bond acceptors (Lipinski definition) is 4. The van der Waals surface area contributed by atoms with Crippen molar-refractivity contribution in [2.24, 2.45) is 0 Å². The zero-order valence-electron chi connectivity index (χ0n) is 13.5. The quantitative estimate of drug-likeness (QED) is 0.710. The van der Waals surface area contributed by atoms with Crippen molar-refractivity contribution in [1.29, 1.82) is 0 Å². The minimum Gasteiger partial charge on any atom is -0.493 e. The fourth-order valence-electron chi connectivity index (χ4n) is 2.14. The Balaban J connectivity index is 1.96. The van der Waals surface area contributed by atoms with Gasteiger partial charge in [0.05, 0.1) is 13.7 Å². The highest BCUT2D eigenvalue weighted by atomic mass is 35.5. The van der Waals surface area contributed by atoms with Crippen LogP contribution in [-0.4, -0.2) is 27.4 Å². The zero-order chi connectivity index (χ0) is 16.5. The van der Waals surface area contributed by atoms with E-state index >= 15 is 0 Å². The summed E-state index contributed by atoms with van der Waals surface area (Å²) in [6.45, 7) is 2.71. The van der Waals surface area contributed by atoms with E-state index in [2.05, 4.69) is 5.32 Å². The largest absolute Gasteiger partial charge is 0.493 e. The van der Waals surface area contributed by atoms with E-state index in [1.165, 1.54) is 0 Å². The second-order valence-corrected chi connectivity index (χ2v) is 5.51. The Morgan fingerprint density at radius 2 is 1.87 bits per heavy atom. The van der Waals surface area contributed by atoms with Crippen LogP contribution in [0.15, 0.2) is 42.5 Å². The molecule has 0 aliphatic rings. The van der Waals surface area contributed by atoms with Crippen molar-refractivity contribution >= 4 is 11.6 Å².